The van der Waals surface area contributed by atoms with Gasteiger partial charge in [-0.1, -0.05) is 65.9 Å². The number of H-pyrrole nitrogens is 1. The molecule has 1 N–H and O–H groups in total. The lowest BCUT2D eigenvalue weighted by atomic mass is 9.94. The SMILES string of the molecule is Cc1ccc(C2C(=C([O-])c3ccccc3)C(=O)C(=O)N2CCC[n+]2cc[nH]c2)cc1. The van der Waals surface area contributed by atoms with Gasteiger partial charge in [0.2, 0.25) is 12.1 Å². The predicted molar refractivity (Wildman–Crippen MR) is 110 cm³/mol. The Labute approximate surface area is 175 Å². The third kappa shape index (κ3) is 3.76. The van der Waals surface area contributed by atoms with Gasteiger partial charge in [-0.2, -0.15) is 0 Å². The number of hydrogen-bond donors (Lipinski definition) is 1. The first kappa shape index (κ1) is 19.6. The molecule has 1 atom stereocenters. The fraction of sp³-hybridized carbons (Fsp3) is 0.208. The van der Waals surface area contributed by atoms with Crippen LogP contribution in [-0.2, 0) is 16.1 Å². The number of nitrogens with zero attached hydrogens (tertiary/aromatic N) is 2. The summed E-state index contributed by atoms with van der Waals surface area (Å²) < 4.78 is 1.98. The monoisotopic (exact) mass is 401 g/mol. The van der Waals surface area contributed by atoms with Crippen LogP contribution < -0.4 is 9.67 Å². The normalized spacial score (nSPS) is 18.2. The first-order chi connectivity index (χ1) is 14.6. The van der Waals surface area contributed by atoms with Gasteiger partial charge in [-0.15, -0.1) is 0 Å². The number of Topliss-reactive ketones (excluding diaryl/α,β-unsaturated/α-hetero) is 1. The molecule has 0 radical (unpaired) electrons. The Kier molecular flexibility index (Phi) is 5.48. The summed E-state index contributed by atoms with van der Waals surface area (Å²) in [5, 5.41) is 13.2. The van der Waals surface area contributed by atoms with Crippen LogP contribution in [0, 0.1) is 6.92 Å². The molecule has 0 saturated carbocycles. The van der Waals surface area contributed by atoms with Crippen molar-refractivity contribution in [2.45, 2.75) is 25.9 Å². The highest BCUT2D eigenvalue weighted by Crippen LogP contribution is 2.38. The minimum Gasteiger partial charge on any atom is -0.872 e. The molecule has 2 heterocycles. The van der Waals surface area contributed by atoms with Crippen LogP contribution in [0.4, 0.5) is 0 Å². The standard InChI is InChI=1S/C24H23N3O3/c1-17-8-10-18(11-9-17)21-20(22(28)19-6-3-2-4-7-19)23(29)24(30)27(21)14-5-13-26-15-12-25-16-26/h2-4,6-12,15-16,21H,5,13-14H2,1H3,(H,28,29). The molecule has 1 fully saturated rings. The maximum atomic E-state index is 13.2. The van der Waals surface area contributed by atoms with Gasteiger partial charge >= 0.3 is 0 Å². The third-order valence-corrected chi connectivity index (χ3v) is 5.38. The summed E-state index contributed by atoms with van der Waals surface area (Å²) in [7, 11) is 0. The number of nitrogens with one attached hydrogen (secondary N) is 1. The number of aryl methyl sites for hydroxylation is 2. The molecule has 30 heavy (non-hydrogen) atoms. The number of amides is 1. The number of aromatic amines is 1. The van der Waals surface area contributed by atoms with Gasteiger partial charge < -0.3 is 10.0 Å². The molecule has 0 bridgehead atoms. The number of ketones is 1. The van der Waals surface area contributed by atoms with E-state index in [-0.39, 0.29) is 11.3 Å². The van der Waals surface area contributed by atoms with E-state index in [2.05, 4.69) is 4.98 Å². The number of carbonyl (C=O) groups is 2. The molecule has 1 saturated heterocycles. The molecular formula is C24H23N3O3. The average molecular weight is 401 g/mol. The summed E-state index contributed by atoms with van der Waals surface area (Å²) in [6.07, 6.45) is 6.23. The molecule has 1 aromatic heterocycles. The average Bonchev–Trinajstić information content (AvgIpc) is 3.37. The van der Waals surface area contributed by atoms with Gasteiger partial charge in [0, 0.05) is 18.5 Å². The minimum absolute atomic E-state index is 0.0318. The fourth-order valence-electron chi connectivity index (χ4n) is 3.82. The van der Waals surface area contributed by atoms with Crippen molar-refractivity contribution in [2.24, 2.45) is 0 Å². The van der Waals surface area contributed by atoms with E-state index in [1.807, 2.05) is 60.5 Å². The molecular weight excluding hydrogens is 378 g/mol. The molecule has 152 valence electrons. The van der Waals surface area contributed by atoms with Gasteiger partial charge in [0.1, 0.15) is 12.4 Å². The predicted octanol–water partition coefficient (Wildman–Crippen LogP) is 1.92. The lowest BCUT2D eigenvalue weighted by molar-refractivity contribution is -0.695. The van der Waals surface area contributed by atoms with Crippen molar-refractivity contribution in [3.8, 4) is 0 Å². The zero-order valence-electron chi connectivity index (χ0n) is 16.7. The summed E-state index contributed by atoms with van der Waals surface area (Å²) in [6.45, 7) is 3.05. The number of aromatic nitrogens is 2. The number of likely N-dealkylation sites (tertiary alicyclic amines) is 1. The van der Waals surface area contributed by atoms with Gasteiger partial charge in [-0.05, 0) is 18.1 Å². The lowest BCUT2D eigenvalue weighted by Crippen LogP contribution is -2.36. The molecule has 6 heteroatoms. The molecule has 6 nitrogen and oxygen atoms in total. The van der Waals surface area contributed by atoms with Crippen LogP contribution in [0.2, 0.25) is 0 Å². The van der Waals surface area contributed by atoms with Gasteiger partial charge in [-0.3, -0.25) is 14.6 Å². The van der Waals surface area contributed by atoms with Crippen molar-refractivity contribution in [3.05, 3.63) is 95.6 Å². The molecule has 1 amide bonds. The number of rotatable bonds is 6. The highest BCUT2D eigenvalue weighted by molar-refractivity contribution is 6.46. The largest absolute Gasteiger partial charge is 0.872 e. The second kappa shape index (κ2) is 8.37. The maximum absolute atomic E-state index is 13.2. The van der Waals surface area contributed by atoms with Crippen LogP contribution in [0.3, 0.4) is 0 Å². The summed E-state index contributed by atoms with van der Waals surface area (Å²) in [4.78, 5) is 30.3. The summed E-state index contributed by atoms with van der Waals surface area (Å²) in [5.41, 5.74) is 2.29. The fourth-order valence-corrected chi connectivity index (χ4v) is 3.82. The Bertz CT molecular complexity index is 1070. The molecule has 4 rings (SSSR count). The Hall–Kier alpha value is -3.67. The summed E-state index contributed by atoms with van der Waals surface area (Å²) >= 11 is 0. The van der Waals surface area contributed by atoms with Gasteiger partial charge in [0.25, 0.3) is 5.91 Å². The van der Waals surface area contributed by atoms with E-state index in [0.717, 1.165) is 11.1 Å². The Balaban J connectivity index is 1.72. The number of hydrogen-bond acceptors (Lipinski definition) is 3. The van der Waals surface area contributed by atoms with Crippen LogP contribution in [0.1, 0.15) is 29.2 Å². The minimum atomic E-state index is -0.705. The quantitative estimate of drug-likeness (QED) is 0.297. The second-order valence-electron chi connectivity index (χ2n) is 7.45. The van der Waals surface area contributed by atoms with Crippen LogP contribution in [0.25, 0.3) is 5.76 Å². The van der Waals surface area contributed by atoms with E-state index in [9.17, 15) is 14.7 Å². The highest BCUT2D eigenvalue weighted by Gasteiger charge is 2.43. The number of benzene rings is 2. The first-order valence-electron chi connectivity index (χ1n) is 9.96. The molecule has 0 spiro atoms. The van der Waals surface area contributed by atoms with Crippen molar-refractivity contribution >= 4 is 17.4 Å². The van der Waals surface area contributed by atoms with E-state index < -0.39 is 17.7 Å². The van der Waals surface area contributed by atoms with E-state index in [4.69, 9.17) is 0 Å². The topological polar surface area (TPSA) is 80.1 Å². The molecule has 2 aromatic carbocycles. The van der Waals surface area contributed by atoms with E-state index >= 15 is 0 Å². The van der Waals surface area contributed by atoms with Gasteiger partial charge in [0.05, 0.1) is 12.6 Å². The molecule has 1 aliphatic heterocycles. The van der Waals surface area contributed by atoms with E-state index in [1.54, 1.807) is 24.3 Å². The highest BCUT2D eigenvalue weighted by atomic mass is 16.3. The molecule has 1 unspecified atom stereocenters. The first-order valence-corrected chi connectivity index (χ1v) is 9.96. The van der Waals surface area contributed by atoms with Crippen LogP contribution >= 0.6 is 0 Å². The van der Waals surface area contributed by atoms with Crippen molar-refractivity contribution < 1.29 is 19.3 Å². The Morgan fingerprint density at radius 3 is 2.50 bits per heavy atom. The van der Waals surface area contributed by atoms with Crippen molar-refractivity contribution in [1.82, 2.24) is 9.88 Å². The Morgan fingerprint density at radius 2 is 1.83 bits per heavy atom. The van der Waals surface area contributed by atoms with Gasteiger partial charge in [-0.25, -0.2) is 4.57 Å². The lowest BCUT2D eigenvalue weighted by Gasteiger charge is -2.27. The maximum Gasteiger partial charge on any atom is 0.295 e. The zero-order valence-corrected chi connectivity index (χ0v) is 16.7. The van der Waals surface area contributed by atoms with Crippen molar-refractivity contribution in [1.29, 1.82) is 0 Å². The van der Waals surface area contributed by atoms with E-state index in [1.165, 1.54) is 4.90 Å². The van der Waals surface area contributed by atoms with Crippen molar-refractivity contribution in [2.75, 3.05) is 6.54 Å². The van der Waals surface area contributed by atoms with Crippen LogP contribution in [0.15, 0.2) is 78.9 Å². The summed E-state index contributed by atoms with van der Waals surface area (Å²) in [5.74, 6) is -1.70. The number of imidazole rings is 1. The number of carbonyl (C=O) groups excluding carboxylic acids is 2. The Morgan fingerprint density at radius 1 is 1.10 bits per heavy atom. The third-order valence-electron chi connectivity index (χ3n) is 5.38. The van der Waals surface area contributed by atoms with Crippen LogP contribution in [-0.4, -0.2) is 28.1 Å². The van der Waals surface area contributed by atoms with Crippen LogP contribution in [0.5, 0.6) is 0 Å². The molecule has 3 aromatic rings. The van der Waals surface area contributed by atoms with Crippen molar-refractivity contribution in [3.63, 3.8) is 0 Å². The van der Waals surface area contributed by atoms with Gasteiger partial charge in [0.15, 0.2) is 0 Å². The van der Waals surface area contributed by atoms with E-state index in [0.29, 0.717) is 25.1 Å². The smallest absolute Gasteiger partial charge is 0.295 e. The second-order valence-corrected chi connectivity index (χ2v) is 7.45. The zero-order chi connectivity index (χ0) is 21.1. The molecule has 1 aliphatic rings. The molecule has 0 aliphatic carbocycles. The summed E-state index contributed by atoms with van der Waals surface area (Å²) in [6, 6.07) is 15.6.